The Hall–Kier alpha value is -2.91. The molecule has 6 nitrogen and oxygen atoms in total. The lowest BCUT2D eigenvalue weighted by molar-refractivity contribution is 0.250. The molecule has 1 aromatic carbocycles. The van der Waals surface area contributed by atoms with Crippen molar-refractivity contribution < 1.29 is 14.2 Å². The molecule has 6 heteroatoms. The Morgan fingerprint density at radius 2 is 1.50 bits per heavy atom. The second-order valence-corrected chi connectivity index (χ2v) is 3.99. The van der Waals surface area contributed by atoms with E-state index in [1.54, 1.807) is 18.8 Å². The van der Waals surface area contributed by atoms with Crippen molar-refractivity contribution in [1.82, 2.24) is 0 Å². The van der Waals surface area contributed by atoms with Gasteiger partial charge in [-0.1, -0.05) is 6.07 Å². The van der Waals surface area contributed by atoms with Crippen LogP contribution < -0.4 is 0 Å². The Morgan fingerprint density at radius 1 is 0.900 bits per heavy atom. The molecule has 0 aliphatic carbocycles. The van der Waals surface area contributed by atoms with Gasteiger partial charge in [-0.15, -0.1) is 0 Å². The molecule has 0 spiro atoms. The number of ether oxygens (including phenoxy) is 3. The Bertz CT molecular complexity index is 579. The van der Waals surface area contributed by atoms with Gasteiger partial charge in [0.2, 0.25) is 0 Å². The molecule has 0 heterocycles. The minimum absolute atomic E-state index is 0.155. The lowest BCUT2D eigenvalue weighted by Crippen LogP contribution is -2.03. The molecule has 0 aliphatic rings. The summed E-state index contributed by atoms with van der Waals surface area (Å²) in [5.74, 6) is 0. The standard InChI is InChI=1S/C14H13N3O3/c1-11-13(2-3-18-8-15)4-12(6-19-9-16)5-14(11)7-20-10-17/h4-5H,2-3,6-7H2,1H3. The van der Waals surface area contributed by atoms with Crippen LogP contribution >= 0.6 is 0 Å². The molecular weight excluding hydrogens is 258 g/mol. The van der Waals surface area contributed by atoms with Gasteiger partial charge in [-0.25, -0.2) is 0 Å². The molecule has 0 unspecified atom stereocenters. The molecule has 0 aromatic heterocycles. The lowest BCUT2D eigenvalue weighted by atomic mass is 9.97. The Morgan fingerprint density at radius 3 is 2.15 bits per heavy atom. The highest BCUT2D eigenvalue weighted by atomic mass is 16.5. The van der Waals surface area contributed by atoms with Gasteiger partial charge < -0.3 is 14.2 Å². The molecule has 20 heavy (non-hydrogen) atoms. The maximum atomic E-state index is 8.48. The Labute approximate surface area is 117 Å². The van der Waals surface area contributed by atoms with Crippen LogP contribution in [0.3, 0.4) is 0 Å². The van der Waals surface area contributed by atoms with Crippen LogP contribution in [0, 0.1) is 41.5 Å². The van der Waals surface area contributed by atoms with E-state index in [-0.39, 0.29) is 19.8 Å². The molecule has 0 saturated heterocycles. The summed E-state index contributed by atoms with van der Waals surface area (Å²) in [6, 6.07) is 3.72. The van der Waals surface area contributed by atoms with E-state index >= 15 is 0 Å². The molecule has 1 rings (SSSR count). The second-order valence-electron chi connectivity index (χ2n) is 3.99. The number of rotatable bonds is 7. The van der Waals surface area contributed by atoms with E-state index in [0.29, 0.717) is 6.42 Å². The number of hydrogen-bond acceptors (Lipinski definition) is 6. The van der Waals surface area contributed by atoms with Crippen molar-refractivity contribution in [2.75, 3.05) is 6.61 Å². The maximum Gasteiger partial charge on any atom is 0.286 e. The molecule has 0 saturated carbocycles. The van der Waals surface area contributed by atoms with Crippen LogP contribution in [0.5, 0.6) is 0 Å². The van der Waals surface area contributed by atoms with Gasteiger partial charge in [0.25, 0.3) is 18.8 Å². The topological polar surface area (TPSA) is 99.1 Å². The van der Waals surface area contributed by atoms with Crippen LogP contribution in [0.2, 0.25) is 0 Å². The van der Waals surface area contributed by atoms with Gasteiger partial charge in [-0.2, -0.15) is 15.8 Å². The number of benzene rings is 1. The molecule has 102 valence electrons. The summed E-state index contributed by atoms with van der Waals surface area (Å²) in [6.45, 7) is 2.50. The van der Waals surface area contributed by atoms with Gasteiger partial charge in [-0.05, 0) is 35.2 Å². The van der Waals surface area contributed by atoms with Gasteiger partial charge in [0.05, 0.1) is 0 Å². The summed E-state index contributed by atoms with van der Waals surface area (Å²) in [5, 5.41) is 25.3. The zero-order valence-electron chi connectivity index (χ0n) is 11.0. The van der Waals surface area contributed by atoms with Crippen molar-refractivity contribution in [1.29, 1.82) is 15.8 Å². The fraction of sp³-hybridized carbons (Fsp3) is 0.357. The highest BCUT2D eigenvalue weighted by Gasteiger charge is 2.09. The van der Waals surface area contributed by atoms with Crippen LogP contribution in [0.15, 0.2) is 12.1 Å². The summed E-state index contributed by atoms with van der Waals surface area (Å²) in [6.07, 6.45) is 5.41. The molecule has 0 aliphatic heterocycles. The monoisotopic (exact) mass is 271 g/mol. The predicted molar refractivity (Wildman–Crippen MR) is 67.3 cm³/mol. The van der Waals surface area contributed by atoms with Crippen LogP contribution in [0.1, 0.15) is 22.3 Å². The van der Waals surface area contributed by atoms with Crippen LogP contribution in [-0.2, 0) is 33.8 Å². The van der Waals surface area contributed by atoms with E-state index in [2.05, 4.69) is 4.74 Å². The third-order valence-corrected chi connectivity index (χ3v) is 2.82. The summed E-state index contributed by atoms with van der Waals surface area (Å²) in [5.41, 5.74) is 3.59. The molecular formula is C14H13N3O3. The van der Waals surface area contributed by atoms with Crippen molar-refractivity contribution in [2.45, 2.75) is 26.6 Å². The molecule has 0 N–H and O–H groups in total. The molecule has 0 fully saturated rings. The largest absolute Gasteiger partial charge is 0.427 e. The first kappa shape index (κ1) is 15.1. The SMILES string of the molecule is Cc1c(CCOC#N)cc(COC#N)cc1COC#N. The molecule has 0 atom stereocenters. The van der Waals surface area contributed by atoms with Crippen molar-refractivity contribution in [2.24, 2.45) is 0 Å². The zero-order chi connectivity index (χ0) is 14.8. The number of hydrogen-bond donors (Lipinski definition) is 0. The van der Waals surface area contributed by atoms with E-state index in [0.717, 1.165) is 22.3 Å². The van der Waals surface area contributed by atoms with Gasteiger partial charge in [0, 0.05) is 6.42 Å². The van der Waals surface area contributed by atoms with E-state index < -0.39 is 0 Å². The summed E-state index contributed by atoms with van der Waals surface area (Å²) in [7, 11) is 0. The van der Waals surface area contributed by atoms with E-state index in [1.165, 1.54) is 0 Å². The van der Waals surface area contributed by atoms with E-state index in [1.807, 2.05) is 19.1 Å². The smallest absolute Gasteiger partial charge is 0.286 e. The van der Waals surface area contributed by atoms with Crippen LogP contribution in [0.25, 0.3) is 0 Å². The second kappa shape index (κ2) is 8.24. The van der Waals surface area contributed by atoms with Crippen molar-refractivity contribution >= 4 is 0 Å². The van der Waals surface area contributed by atoms with Gasteiger partial charge in [-0.3, -0.25) is 0 Å². The zero-order valence-corrected chi connectivity index (χ0v) is 11.0. The van der Waals surface area contributed by atoms with Crippen molar-refractivity contribution in [3.63, 3.8) is 0 Å². The number of nitrogens with zero attached hydrogens (tertiary/aromatic N) is 3. The average molecular weight is 271 g/mol. The minimum atomic E-state index is 0.155. The number of nitriles is 3. The summed E-state index contributed by atoms with van der Waals surface area (Å²) >= 11 is 0. The third-order valence-electron chi connectivity index (χ3n) is 2.82. The minimum Gasteiger partial charge on any atom is -0.427 e. The molecule has 0 amide bonds. The fourth-order valence-electron chi connectivity index (χ4n) is 1.84. The third kappa shape index (κ3) is 4.40. The first-order valence-corrected chi connectivity index (χ1v) is 5.86. The van der Waals surface area contributed by atoms with E-state index in [4.69, 9.17) is 25.3 Å². The van der Waals surface area contributed by atoms with Gasteiger partial charge >= 0.3 is 0 Å². The summed E-state index contributed by atoms with van der Waals surface area (Å²) < 4.78 is 14.1. The fourth-order valence-corrected chi connectivity index (χ4v) is 1.84. The lowest BCUT2D eigenvalue weighted by Gasteiger charge is -2.13. The Kier molecular flexibility index (Phi) is 6.24. The predicted octanol–water partition coefficient (Wildman–Crippen LogP) is 2.03. The van der Waals surface area contributed by atoms with Crippen LogP contribution in [-0.4, -0.2) is 6.61 Å². The Balaban J connectivity index is 2.97. The highest BCUT2D eigenvalue weighted by molar-refractivity contribution is 5.38. The van der Waals surface area contributed by atoms with Crippen molar-refractivity contribution in [3.8, 4) is 18.8 Å². The highest BCUT2D eigenvalue weighted by Crippen LogP contribution is 2.19. The van der Waals surface area contributed by atoms with Gasteiger partial charge in [0.1, 0.15) is 19.8 Å². The average Bonchev–Trinajstić information content (AvgIpc) is 2.46. The van der Waals surface area contributed by atoms with E-state index in [9.17, 15) is 0 Å². The van der Waals surface area contributed by atoms with Crippen LogP contribution in [0.4, 0.5) is 0 Å². The normalized spacial score (nSPS) is 8.90. The summed E-state index contributed by atoms with van der Waals surface area (Å²) in [4.78, 5) is 0. The first-order chi connectivity index (χ1) is 9.72. The van der Waals surface area contributed by atoms with Crippen molar-refractivity contribution in [3.05, 3.63) is 34.4 Å². The van der Waals surface area contributed by atoms with Gasteiger partial charge in [0.15, 0.2) is 0 Å². The maximum absolute atomic E-state index is 8.48. The molecule has 0 radical (unpaired) electrons. The molecule has 1 aromatic rings. The molecule has 0 bridgehead atoms. The first-order valence-electron chi connectivity index (χ1n) is 5.86. The quantitative estimate of drug-likeness (QED) is 0.555.